The molecule has 3 rings (SSSR count). The Hall–Kier alpha value is -2.56. The highest BCUT2D eigenvalue weighted by atomic mass is 19.4. The van der Waals surface area contributed by atoms with E-state index in [-0.39, 0.29) is 23.2 Å². The van der Waals surface area contributed by atoms with Gasteiger partial charge in [0.2, 0.25) is 5.95 Å². The first-order chi connectivity index (χ1) is 13.5. The molecule has 0 aliphatic carbocycles. The fraction of sp³-hybridized carbons (Fsp3) is 0.444. The number of nitrogens with zero attached hydrogens (tertiary/aromatic N) is 2. The highest BCUT2D eigenvalue weighted by Crippen LogP contribution is 2.37. The molecule has 1 unspecified atom stereocenters. The molecule has 1 aromatic heterocycles. The number of alkyl halides is 6. The van der Waals surface area contributed by atoms with Crippen LogP contribution in [-0.2, 0) is 12.4 Å². The molecule has 0 amide bonds. The van der Waals surface area contributed by atoms with Crippen LogP contribution < -0.4 is 16.0 Å². The number of piperidine rings is 1. The fourth-order valence-electron chi connectivity index (χ4n) is 3.02. The highest BCUT2D eigenvalue weighted by Gasteiger charge is 2.36. The first kappa shape index (κ1) is 21.2. The van der Waals surface area contributed by atoms with Gasteiger partial charge in [-0.2, -0.15) is 31.3 Å². The van der Waals surface area contributed by atoms with Crippen LogP contribution in [0.3, 0.4) is 0 Å². The smallest absolute Gasteiger partial charge is 0.350 e. The molecule has 1 aromatic carbocycles. The van der Waals surface area contributed by atoms with Gasteiger partial charge in [0.15, 0.2) is 0 Å². The molecule has 1 aliphatic heterocycles. The van der Waals surface area contributed by atoms with Gasteiger partial charge in [-0.3, -0.25) is 0 Å². The van der Waals surface area contributed by atoms with Crippen LogP contribution in [0.25, 0.3) is 0 Å². The third-order valence-corrected chi connectivity index (χ3v) is 4.53. The molecule has 0 saturated carbocycles. The van der Waals surface area contributed by atoms with Gasteiger partial charge >= 0.3 is 12.4 Å². The summed E-state index contributed by atoms with van der Waals surface area (Å²) in [6.07, 6.45) is -6.88. The lowest BCUT2D eigenvalue weighted by atomic mass is 10.1. The summed E-state index contributed by atoms with van der Waals surface area (Å²) in [6, 6.07) is 2.72. The molecule has 2 aromatic rings. The second-order valence-corrected chi connectivity index (χ2v) is 6.79. The normalized spacial score (nSPS) is 17.8. The molecule has 2 heterocycles. The van der Waals surface area contributed by atoms with Gasteiger partial charge in [-0.1, -0.05) is 0 Å². The minimum Gasteiger partial charge on any atom is -0.350 e. The van der Waals surface area contributed by atoms with Crippen molar-refractivity contribution >= 4 is 17.5 Å². The van der Waals surface area contributed by atoms with Gasteiger partial charge < -0.3 is 16.0 Å². The summed E-state index contributed by atoms with van der Waals surface area (Å²) in [5.41, 5.74) is -1.76. The lowest BCUT2D eigenvalue weighted by molar-refractivity contribution is -0.138. The maximum Gasteiger partial charge on any atom is 0.421 e. The van der Waals surface area contributed by atoms with E-state index in [0.29, 0.717) is 12.7 Å². The van der Waals surface area contributed by atoms with Crippen LogP contribution in [0.4, 0.5) is 43.8 Å². The second kappa shape index (κ2) is 8.05. The lowest BCUT2D eigenvalue weighted by Gasteiger charge is -2.24. The van der Waals surface area contributed by atoms with Crippen LogP contribution in [0.1, 0.15) is 29.5 Å². The maximum atomic E-state index is 13.4. The zero-order valence-electron chi connectivity index (χ0n) is 15.4. The number of hydrogen-bond donors (Lipinski definition) is 3. The first-order valence-corrected chi connectivity index (χ1v) is 8.90. The zero-order valence-corrected chi connectivity index (χ0v) is 15.4. The molecular weight excluding hydrogens is 400 g/mol. The molecule has 1 saturated heterocycles. The van der Waals surface area contributed by atoms with Crippen LogP contribution in [0, 0.1) is 6.92 Å². The molecular formula is C18H19F6N5. The SMILES string of the molecule is Cc1cc(C(F)(F)F)ccc1Nc1nc(NC2CCCNC2)ncc1C(F)(F)F. The molecule has 5 nitrogen and oxygen atoms in total. The number of hydrogen-bond acceptors (Lipinski definition) is 5. The fourth-order valence-corrected chi connectivity index (χ4v) is 3.02. The third kappa shape index (κ3) is 5.28. The first-order valence-electron chi connectivity index (χ1n) is 8.90. The Morgan fingerprint density at radius 1 is 1.10 bits per heavy atom. The highest BCUT2D eigenvalue weighted by molar-refractivity contribution is 5.64. The summed E-state index contributed by atoms with van der Waals surface area (Å²) in [4.78, 5) is 7.69. The van der Waals surface area contributed by atoms with Gasteiger partial charge in [0.1, 0.15) is 11.4 Å². The van der Waals surface area contributed by atoms with E-state index in [1.807, 2.05) is 0 Å². The number of aromatic nitrogens is 2. The molecule has 1 fully saturated rings. The standard InChI is InChI=1S/C18H19F6N5/c1-10-7-11(17(19,20)21)4-5-14(10)28-15-13(18(22,23)24)9-26-16(29-15)27-12-3-2-6-25-8-12/h4-5,7,9,12,25H,2-3,6,8H2,1H3,(H2,26,27,28,29). The van der Waals surface area contributed by atoms with E-state index in [2.05, 4.69) is 25.9 Å². The van der Waals surface area contributed by atoms with Crippen molar-refractivity contribution in [3.63, 3.8) is 0 Å². The molecule has 0 bridgehead atoms. The van der Waals surface area contributed by atoms with Crippen molar-refractivity contribution in [3.05, 3.63) is 41.1 Å². The van der Waals surface area contributed by atoms with Crippen molar-refractivity contribution in [2.75, 3.05) is 23.7 Å². The molecule has 3 N–H and O–H groups in total. The van der Waals surface area contributed by atoms with Crippen molar-refractivity contribution in [2.45, 2.75) is 38.2 Å². The average Bonchev–Trinajstić information content (AvgIpc) is 2.62. The topological polar surface area (TPSA) is 61.9 Å². The number of anilines is 3. The monoisotopic (exact) mass is 419 g/mol. The number of nitrogens with one attached hydrogen (secondary N) is 3. The molecule has 1 atom stereocenters. The largest absolute Gasteiger partial charge is 0.421 e. The summed E-state index contributed by atoms with van der Waals surface area (Å²) in [5, 5.41) is 8.66. The van der Waals surface area contributed by atoms with Gasteiger partial charge in [0, 0.05) is 24.5 Å². The number of halogens is 6. The van der Waals surface area contributed by atoms with E-state index in [4.69, 9.17) is 0 Å². The number of aryl methyl sites for hydroxylation is 1. The lowest BCUT2D eigenvalue weighted by Crippen LogP contribution is -2.38. The van der Waals surface area contributed by atoms with Crippen LogP contribution in [0.15, 0.2) is 24.4 Å². The Morgan fingerprint density at radius 2 is 1.86 bits per heavy atom. The Morgan fingerprint density at radius 3 is 2.45 bits per heavy atom. The number of benzene rings is 1. The van der Waals surface area contributed by atoms with Gasteiger partial charge in [-0.05, 0) is 50.1 Å². The third-order valence-electron chi connectivity index (χ3n) is 4.53. The minimum absolute atomic E-state index is 0.0127. The summed E-state index contributed by atoms with van der Waals surface area (Å²) in [6.45, 7) is 2.87. The van der Waals surface area contributed by atoms with Crippen molar-refractivity contribution in [2.24, 2.45) is 0 Å². The van der Waals surface area contributed by atoms with Gasteiger partial charge in [0.25, 0.3) is 0 Å². The van der Waals surface area contributed by atoms with Gasteiger partial charge in [-0.25, -0.2) is 4.98 Å². The summed E-state index contributed by atoms with van der Waals surface area (Å²) < 4.78 is 78.5. The van der Waals surface area contributed by atoms with Crippen LogP contribution in [0.2, 0.25) is 0 Å². The molecule has 1 aliphatic rings. The van der Waals surface area contributed by atoms with E-state index in [0.717, 1.165) is 37.6 Å². The Kier molecular flexibility index (Phi) is 5.87. The number of rotatable bonds is 4. The molecule has 158 valence electrons. The van der Waals surface area contributed by atoms with Crippen LogP contribution >= 0.6 is 0 Å². The van der Waals surface area contributed by atoms with E-state index >= 15 is 0 Å². The molecule has 29 heavy (non-hydrogen) atoms. The minimum atomic E-state index is -4.73. The van der Waals surface area contributed by atoms with Crippen molar-refractivity contribution < 1.29 is 26.3 Å². The molecule has 0 spiro atoms. The summed E-state index contributed by atoms with van der Waals surface area (Å²) in [5.74, 6) is -0.514. The maximum absolute atomic E-state index is 13.4. The van der Waals surface area contributed by atoms with Gasteiger partial charge in [0.05, 0.1) is 5.56 Å². The second-order valence-electron chi connectivity index (χ2n) is 6.79. The zero-order chi connectivity index (χ0) is 21.2. The van der Waals surface area contributed by atoms with Crippen molar-refractivity contribution in [1.82, 2.24) is 15.3 Å². The summed E-state index contributed by atoms with van der Waals surface area (Å²) in [7, 11) is 0. The van der Waals surface area contributed by atoms with Gasteiger partial charge in [-0.15, -0.1) is 0 Å². The van der Waals surface area contributed by atoms with Crippen molar-refractivity contribution in [1.29, 1.82) is 0 Å². The predicted octanol–water partition coefficient (Wildman–Crippen LogP) is 4.73. The van der Waals surface area contributed by atoms with E-state index in [1.54, 1.807) is 0 Å². The van der Waals surface area contributed by atoms with Crippen molar-refractivity contribution in [3.8, 4) is 0 Å². The summed E-state index contributed by atoms with van der Waals surface area (Å²) >= 11 is 0. The van der Waals surface area contributed by atoms with E-state index < -0.39 is 29.3 Å². The Balaban J connectivity index is 1.90. The molecule has 11 heteroatoms. The van der Waals surface area contributed by atoms with E-state index in [9.17, 15) is 26.3 Å². The van der Waals surface area contributed by atoms with Crippen LogP contribution in [0.5, 0.6) is 0 Å². The Bertz CT molecular complexity index is 859. The Labute approximate surface area is 162 Å². The average molecular weight is 419 g/mol. The van der Waals surface area contributed by atoms with E-state index in [1.165, 1.54) is 6.92 Å². The quantitative estimate of drug-likeness (QED) is 0.626. The van der Waals surface area contributed by atoms with Crippen LogP contribution in [-0.4, -0.2) is 29.1 Å². The molecule has 0 radical (unpaired) electrons. The predicted molar refractivity (Wildman–Crippen MR) is 96.0 cm³/mol.